The van der Waals surface area contributed by atoms with Crippen molar-refractivity contribution in [1.29, 1.82) is 0 Å². The van der Waals surface area contributed by atoms with E-state index in [0.29, 0.717) is 0 Å². The SMILES string of the molecule is CC1CCCC(CN)(N(C)Cc2csc(Br)c2)CC1. The van der Waals surface area contributed by atoms with E-state index in [1.807, 2.05) is 0 Å². The molecular formula is C15H25BrN2S. The second-order valence-electron chi connectivity index (χ2n) is 6.08. The molecule has 1 aliphatic rings. The van der Waals surface area contributed by atoms with Crippen molar-refractivity contribution in [3.8, 4) is 0 Å². The van der Waals surface area contributed by atoms with Gasteiger partial charge in [0, 0.05) is 18.6 Å². The molecule has 1 aromatic rings. The van der Waals surface area contributed by atoms with Crippen LogP contribution in [-0.2, 0) is 6.54 Å². The fourth-order valence-corrected chi connectivity index (χ4v) is 4.38. The first kappa shape index (κ1) is 15.5. The summed E-state index contributed by atoms with van der Waals surface area (Å²) in [5, 5.41) is 2.24. The minimum absolute atomic E-state index is 0.208. The lowest BCUT2D eigenvalue weighted by molar-refractivity contribution is 0.0988. The highest BCUT2D eigenvalue weighted by molar-refractivity contribution is 9.11. The Morgan fingerprint density at radius 2 is 2.26 bits per heavy atom. The minimum Gasteiger partial charge on any atom is -0.329 e. The summed E-state index contributed by atoms with van der Waals surface area (Å²) in [6, 6.07) is 2.23. The summed E-state index contributed by atoms with van der Waals surface area (Å²) in [7, 11) is 2.24. The average molecular weight is 345 g/mol. The van der Waals surface area contributed by atoms with Crippen LogP contribution in [0.5, 0.6) is 0 Å². The fourth-order valence-electron chi connectivity index (χ4n) is 3.18. The van der Waals surface area contributed by atoms with Crippen molar-refractivity contribution in [2.24, 2.45) is 11.7 Å². The Morgan fingerprint density at radius 3 is 2.89 bits per heavy atom. The van der Waals surface area contributed by atoms with E-state index < -0.39 is 0 Å². The number of hydrogen-bond acceptors (Lipinski definition) is 3. The van der Waals surface area contributed by atoms with E-state index in [2.05, 4.69) is 46.2 Å². The highest BCUT2D eigenvalue weighted by Gasteiger charge is 2.34. The van der Waals surface area contributed by atoms with E-state index in [0.717, 1.165) is 19.0 Å². The Hall–Kier alpha value is 0.100. The first-order valence-corrected chi connectivity index (χ1v) is 8.87. The number of thiophene rings is 1. The van der Waals surface area contributed by atoms with Crippen molar-refractivity contribution < 1.29 is 0 Å². The van der Waals surface area contributed by atoms with Gasteiger partial charge in [0.15, 0.2) is 0 Å². The molecule has 1 aromatic heterocycles. The molecule has 0 aliphatic heterocycles. The molecule has 1 fully saturated rings. The van der Waals surface area contributed by atoms with Gasteiger partial charge in [-0.25, -0.2) is 0 Å². The van der Waals surface area contributed by atoms with Gasteiger partial charge in [0.1, 0.15) is 0 Å². The summed E-state index contributed by atoms with van der Waals surface area (Å²) in [5.41, 5.74) is 7.77. The van der Waals surface area contributed by atoms with Crippen molar-refractivity contribution in [3.63, 3.8) is 0 Å². The first-order chi connectivity index (χ1) is 9.05. The number of rotatable bonds is 4. The molecule has 108 valence electrons. The zero-order valence-electron chi connectivity index (χ0n) is 12.0. The highest BCUT2D eigenvalue weighted by Crippen LogP contribution is 2.34. The van der Waals surface area contributed by atoms with Crippen LogP contribution in [0.3, 0.4) is 0 Å². The van der Waals surface area contributed by atoms with Gasteiger partial charge in [-0.05, 0) is 65.2 Å². The number of nitrogens with two attached hydrogens (primary N) is 1. The Labute approximate surface area is 129 Å². The third-order valence-corrected chi connectivity index (χ3v) is 6.23. The normalized spacial score (nSPS) is 28.6. The van der Waals surface area contributed by atoms with E-state index in [4.69, 9.17) is 5.73 Å². The third kappa shape index (κ3) is 3.81. The van der Waals surface area contributed by atoms with Crippen LogP contribution >= 0.6 is 27.3 Å². The fraction of sp³-hybridized carbons (Fsp3) is 0.733. The Morgan fingerprint density at radius 1 is 1.47 bits per heavy atom. The molecule has 0 aromatic carbocycles. The standard InChI is InChI=1S/C15H25BrN2S/c1-12-4-3-6-15(11-17,7-5-12)18(2)9-13-8-14(16)19-10-13/h8,10,12H,3-7,9,11,17H2,1-2H3. The molecule has 2 unspecified atom stereocenters. The maximum Gasteiger partial charge on any atom is 0.0701 e. The van der Waals surface area contributed by atoms with Gasteiger partial charge in [0.2, 0.25) is 0 Å². The Kier molecular flexibility index (Phi) is 5.46. The van der Waals surface area contributed by atoms with E-state index in [1.54, 1.807) is 11.3 Å². The summed E-state index contributed by atoms with van der Waals surface area (Å²) in [6.07, 6.45) is 6.48. The molecule has 0 spiro atoms. The van der Waals surface area contributed by atoms with Crippen molar-refractivity contribution >= 4 is 27.3 Å². The Bertz CT molecular complexity index is 407. The summed E-state index contributed by atoms with van der Waals surface area (Å²) in [5.74, 6) is 0.858. The van der Waals surface area contributed by atoms with Gasteiger partial charge in [-0.3, -0.25) is 4.90 Å². The van der Waals surface area contributed by atoms with Crippen LogP contribution in [0.25, 0.3) is 0 Å². The summed E-state index contributed by atoms with van der Waals surface area (Å²) >= 11 is 5.31. The molecule has 1 saturated carbocycles. The summed E-state index contributed by atoms with van der Waals surface area (Å²) in [4.78, 5) is 2.50. The molecule has 0 amide bonds. The number of halogens is 1. The molecule has 2 atom stereocenters. The van der Waals surface area contributed by atoms with Crippen LogP contribution in [-0.4, -0.2) is 24.0 Å². The zero-order chi connectivity index (χ0) is 13.9. The van der Waals surface area contributed by atoms with Gasteiger partial charge in [0.05, 0.1) is 3.79 Å². The molecule has 1 aliphatic carbocycles. The van der Waals surface area contributed by atoms with Gasteiger partial charge in [0.25, 0.3) is 0 Å². The molecular weight excluding hydrogens is 320 g/mol. The molecule has 0 radical (unpaired) electrons. The molecule has 4 heteroatoms. The van der Waals surface area contributed by atoms with Crippen molar-refractivity contribution in [3.05, 3.63) is 20.8 Å². The molecule has 19 heavy (non-hydrogen) atoms. The molecule has 2 rings (SSSR count). The second-order valence-corrected chi connectivity index (χ2v) is 8.37. The van der Waals surface area contributed by atoms with E-state index in [-0.39, 0.29) is 5.54 Å². The number of hydrogen-bond donors (Lipinski definition) is 1. The average Bonchev–Trinajstić information content (AvgIpc) is 2.68. The zero-order valence-corrected chi connectivity index (χ0v) is 14.4. The van der Waals surface area contributed by atoms with E-state index in [9.17, 15) is 0 Å². The first-order valence-electron chi connectivity index (χ1n) is 7.20. The van der Waals surface area contributed by atoms with Crippen LogP contribution in [0.2, 0.25) is 0 Å². The van der Waals surface area contributed by atoms with Gasteiger partial charge >= 0.3 is 0 Å². The summed E-state index contributed by atoms with van der Waals surface area (Å²) < 4.78 is 1.21. The largest absolute Gasteiger partial charge is 0.329 e. The maximum atomic E-state index is 6.16. The predicted octanol–water partition coefficient (Wildman–Crippen LogP) is 4.24. The molecule has 2 nitrogen and oxygen atoms in total. The summed E-state index contributed by atoms with van der Waals surface area (Å²) in [6.45, 7) is 4.16. The predicted molar refractivity (Wildman–Crippen MR) is 87.5 cm³/mol. The molecule has 1 heterocycles. The third-order valence-electron chi connectivity index (χ3n) is 4.67. The minimum atomic E-state index is 0.208. The Balaban J connectivity index is 2.06. The van der Waals surface area contributed by atoms with Crippen LogP contribution in [0.4, 0.5) is 0 Å². The lowest BCUT2D eigenvalue weighted by Gasteiger charge is -2.41. The van der Waals surface area contributed by atoms with Gasteiger partial charge in [-0.2, -0.15) is 0 Å². The van der Waals surface area contributed by atoms with Crippen molar-refractivity contribution in [2.45, 2.75) is 51.1 Å². The highest BCUT2D eigenvalue weighted by atomic mass is 79.9. The second kappa shape index (κ2) is 6.70. The van der Waals surface area contributed by atoms with Crippen LogP contribution in [0.1, 0.15) is 44.6 Å². The van der Waals surface area contributed by atoms with Crippen LogP contribution < -0.4 is 5.73 Å². The van der Waals surface area contributed by atoms with Gasteiger partial charge < -0.3 is 5.73 Å². The quantitative estimate of drug-likeness (QED) is 0.827. The van der Waals surface area contributed by atoms with Crippen molar-refractivity contribution in [1.82, 2.24) is 4.90 Å². The molecule has 0 bridgehead atoms. The molecule has 0 saturated heterocycles. The number of likely N-dealkylation sites (N-methyl/N-ethyl adjacent to an activating group) is 1. The lowest BCUT2D eigenvalue weighted by atomic mass is 9.88. The smallest absolute Gasteiger partial charge is 0.0701 e. The van der Waals surface area contributed by atoms with Crippen LogP contribution in [0.15, 0.2) is 15.2 Å². The topological polar surface area (TPSA) is 29.3 Å². The van der Waals surface area contributed by atoms with Gasteiger partial charge in [-0.1, -0.05) is 19.8 Å². The van der Waals surface area contributed by atoms with E-state index in [1.165, 1.54) is 41.5 Å². The van der Waals surface area contributed by atoms with Crippen molar-refractivity contribution in [2.75, 3.05) is 13.6 Å². The number of nitrogens with zero attached hydrogens (tertiary/aromatic N) is 1. The maximum absolute atomic E-state index is 6.16. The molecule has 2 N–H and O–H groups in total. The van der Waals surface area contributed by atoms with E-state index >= 15 is 0 Å². The van der Waals surface area contributed by atoms with Crippen LogP contribution in [0, 0.1) is 5.92 Å². The monoisotopic (exact) mass is 344 g/mol. The lowest BCUT2D eigenvalue weighted by Crippen LogP contribution is -2.51. The van der Waals surface area contributed by atoms with Gasteiger partial charge in [-0.15, -0.1) is 11.3 Å².